The zero-order chi connectivity index (χ0) is 11.3. The van der Waals surface area contributed by atoms with E-state index in [1.54, 1.807) is 0 Å². The van der Waals surface area contributed by atoms with Crippen LogP contribution in [0.4, 0.5) is 0 Å². The second-order valence-corrected chi connectivity index (χ2v) is 3.29. The fourth-order valence-corrected chi connectivity index (χ4v) is 1.18. The van der Waals surface area contributed by atoms with Crippen molar-refractivity contribution >= 4 is 17.0 Å². The summed E-state index contributed by atoms with van der Waals surface area (Å²) in [7, 11) is 0. The highest BCUT2D eigenvalue weighted by atomic mass is 32.2. The van der Waals surface area contributed by atoms with E-state index < -0.39 is 17.0 Å². The van der Waals surface area contributed by atoms with Gasteiger partial charge in [-0.25, -0.2) is 9.00 Å². The zero-order valence-electron chi connectivity index (χ0n) is 7.23. The molecular weight excluding hydrogens is 222 g/mol. The summed E-state index contributed by atoms with van der Waals surface area (Å²) in [6.07, 6.45) is 0. The maximum absolute atomic E-state index is 11.1. The molecule has 0 spiro atoms. The summed E-state index contributed by atoms with van der Waals surface area (Å²) in [4.78, 5) is 17.6. The lowest BCUT2D eigenvalue weighted by Gasteiger charge is -1.98. The molecule has 0 aliphatic carbocycles. The molecule has 8 heteroatoms. The normalized spacial score (nSPS) is 11.3. The van der Waals surface area contributed by atoms with Crippen LogP contribution in [-0.4, -0.2) is 14.7 Å². The van der Waals surface area contributed by atoms with Gasteiger partial charge < -0.3 is 9.39 Å². The average molecular weight is 227 g/mol. The van der Waals surface area contributed by atoms with Crippen LogP contribution in [0.2, 0.25) is 0 Å². The molecule has 0 radical (unpaired) electrons. The van der Waals surface area contributed by atoms with Crippen molar-refractivity contribution in [2.75, 3.05) is 0 Å². The Labute approximate surface area is 86.5 Å². The number of azide groups is 1. The largest absolute Gasteiger partial charge is 0.355 e. The molecule has 0 saturated heterocycles. The minimum Gasteiger partial charge on any atom is -0.355 e. The summed E-state index contributed by atoms with van der Waals surface area (Å²) in [6.45, 7) is 0. The van der Waals surface area contributed by atoms with Crippen molar-refractivity contribution in [2.24, 2.45) is 5.28 Å². The lowest BCUT2D eigenvalue weighted by Crippen LogP contribution is -2.00. The first kappa shape index (κ1) is 11.2. The number of carbonyl (C=O) groups excluding carboxylic acids is 1. The van der Waals surface area contributed by atoms with Gasteiger partial charge in [-0.2, -0.15) is 0 Å². The molecule has 1 atom stereocenters. The summed E-state index contributed by atoms with van der Waals surface area (Å²) in [6, 6.07) is 5.17. The van der Waals surface area contributed by atoms with Crippen molar-refractivity contribution in [1.82, 2.24) is 0 Å². The summed E-state index contributed by atoms with van der Waals surface area (Å²) in [5.74, 6) is -0.830. The summed E-state index contributed by atoms with van der Waals surface area (Å²) in [5.41, 5.74) is 8.01. The van der Waals surface area contributed by atoms with Crippen LogP contribution in [0.25, 0.3) is 10.4 Å². The first-order chi connectivity index (χ1) is 7.15. The molecule has 1 N–H and O–H groups in total. The van der Waals surface area contributed by atoms with E-state index in [-0.39, 0.29) is 10.5 Å². The molecule has 15 heavy (non-hydrogen) atoms. The molecule has 0 aliphatic heterocycles. The van der Waals surface area contributed by atoms with Gasteiger partial charge in [-0.1, -0.05) is 0 Å². The Morgan fingerprint density at radius 3 is 2.53 bits per heavy atom. The number of hydrogen-bond acceptors (Lipinski definition) is 4. The minimum atomic E-state index is -2.09. The molecule has 78 valence electrons. The Morgan fingerprint density at radius 2 is 2.07 bits per heavy atom. The van der Waals surface area contributed by atoms with Crippen LogP contribution < -0.4 is 0 Å². The maximum atomic E-state index is 11.1. The Kier molecular flexibility index (Phi) is 3.81. The predicted molar refractivity (Wildman–Crippen MR) is 50.0 cm³/mol. The third-order valence-electron chi connectivity index (χ3n) is 1.45. The predicted octanol–water partition coefficient (Wildman–Crippen LogP) is 1.65. The molecule has 0 aromatic heterocycles. The van der Waals surface area contributed by atoms with Crippen molar-refractivity contribution in [3.63, 3.8) is 0 Å². The Balaban J connectivity index is 2.84. The molecular formula is C7H5N3O4S. The Bertz CT molecular complexity index is 438. The van der Waals surface area contributed by atoms with Crippen molar-refractivity contribution < 1.29 is 18.4 Å². The average Bonchev–Trinajstić information content (AvgIpc) is 2.26. The van der Waals surface area contributed by atoms with Crippen molar-refractivity contribution in [3.8, 4) is 0 Å². The maximum Gasteiger partial charge on any atom is 0.349 e. The van der Waals surface area contributed by atoms with Gasteiger partial charge in [0.2, 0.25) is 0 Å². The van der Waals surface area contributed by atoms with Crippen molar-refractivity contribution in [1.29, 1.82) is 0 Å². The van der Waals surface area contributed by atoms with Crippen LogP contribution in [-0.2, 0) is 15.9 Å². The van der Waals surface area contributed by atoms with Gasteiger partial charge in [0, 0.05) is 4.91 Å². The molecule has 1 aromatic rings. The lowest BCUT2D eigenvalue weighted by atomic mass is 10.2. The molecule has 0 aliphatic rings. The Morgan fingerprint density at radius 1 is 1.47 bits per heavy atom. The molecule has 1 aromatic carbocycles. The van der Waals surface area contributed by atoms with Crippen LogP contribution in [0.5, 0.6) is 0 Å². The number of nitrogens with zero attached hydrogens (tertiary/aromatic N) is 3. The molecule has 1 rings (SSSR count). The van der Waals surface area contributed by atoms with E-state index >= 15 is 0 Å². The summed E-state index contributed by atoms with van der Waals surface area (Å²) in [5, 5.41) is 2.63. The van der Waals surface area contributed by atoms with Gasteiger partial charge >= 0.3 is 5.97 Å². The second-order valence-electron chi connectivity index (χ2n) is 2.32. The molecule has 0 saturated carbocycles. The number of hydrogen-bond donors (Lipinski definition) is 1. The monoisotopic (exact) mass is 227 g/mol. The van der Waals surface area contributed by atoms with Crippen LogP contribution >= 0.6 is 0 Å². The van der Waals surface area contributed by atoms with E-state index in [0.29, 0.717) is 0 Å². The van der Waals surface area contributed by atoms with E-state index in [2.05, 4.69) is 15.0 Å². The molecule has 7 nitrogen and oxygen atoms in total. The van der Waals surface area contributed by atoms with Crippen LogP contribution in [0, 0.1) is 0 Å². The molecule has 0 fully saturated rings. The fraction of sp³-hybridized carbons (Fsp3) is 0. The first-order valence-electron chi connectivity index (χ1n) is 3.62. The standard InChI is InChI=1S/C7H5N3O4S/c8-9-10-14-7(11)5-1-3-6(4-2-5)15(12)13/h1-4H,(H,12,13). The number of carbonyl (C=O) groups is 1. The molecule has 0 heterocycles. The van der Waals surface area contributed by atoms with Crippen LogP contribution in [0.1, 0.15) is 10.4 Å². The van der Waals surface area contributed by atoms with E-state index in [1.807, 2.05) is 0 Å². The van der Waals surface area contributed by atoms with E-state index in [0.717, 1.165) is 0 Å². The highest BCUT2D eigenvalue weighted by Crippen LogP contribution is 2.08. The van der Waals surface area contributed by atoms with Gasteiger partial charge in [-0.15, -0.1) is 0 Å². The quantitative estimate of drug-likeness (QED) is 0.278. The van der Waals surface area contributed by atoms with E-state index in [1.165, 1.54) is 24.3 Å². The van der Waals surface area contributed by atoms with Crippen LogP contribution in [0.15, 0.2) is 34.4 Å². The third-order valence-corrected chi connectivity index (χ3v) is 2.13. The van der Waals surface area contributed by atoms with Gasteiger partial charge in [0.25, 0.3) is 0 Å². The first-order valence-corrected chi connectivity index (χ1v) is 4.72. The summed E-state index contributed by atoms with van der Waals surface area (Å²) < 4.78 is 19.3. The van der Waals surface area contributed by atoms with Crippen LogP contribution in [0.3, 0.4) is 0 Å². The topological polar surface area (TPSA) is 112 Å². The van der Waals surface area contributed by atoms with Crippen molar-refractivity contribution in [2.45, 2.75) is 4.90 Å². The molecule has 0 bridgehead atoms. The zero-order valence-corrected chi connectivity index (χ0v) is 8.05. The third kappa shape index (κ3) is 3.06. The van der Waals surface area contributed by atoms with Gasteiger partial charge in [0.15, 0.2) is 11.1 Å². The van der Waals surface area contributed by atoms with Gasteiger partial charge in [0.05, 0.1) is 10.5 Å². The summed E-state index contributed by atoms with van der Waals surface area (Å²) >= 11 is -2.09. The minimum absolute atomic E-state index is 0.122. The number of benzene rings is 1. The van der Waals surface area contributed by atoms with Gasteiger partial charge in [-0.3, -0.25) is 0 Å². The van der Waals surface area contributed by atoms with E-state index in [9.17, 15) is 9.00 Å². The SMILES string of the molecule is [N-]=[N+]=NOC(=O)c1ccc(S(=O)O)cc1. The van der Waals surface area contributed by atoms with Gasteiger partial charge in [0.1, 0.15) is 5.28 Å². The molecule has 0 amide bonds. The van der Waals surface area contributed by atoms with Gasteiger partial charge in [-0.05, 0) is 29.8 Å². The lowest BCUT2D eigenvalue weighted by molar-refractivity contribution is 0.0506. The highest BCUT2D eigenvalue weighted by molar-refractivity contribution is 7.79. The second kappa shape index (κ2) is 5.11. The van der Waals surface area contributed by atoms with Crippen molar-refractivity contribution in [3.05, 3.63) is 40.3 Å². The number of rotatable bonds is 3. The van der Waals surface area contributed by atoms with E-state index in [4.69, 9.17) is 10.1 Å². The molecule has 1 unspecified atom stereocenters. The Hall–Kier alpha value is -1.89. The smallest absolute Gasteiger partial charge is 0.349 e. The fourth-order valence-electron chi connectivity index (χ4n) is 0.815. The highest BCUT2D eigenvalue weighted by Gasteiger charge is 2.07.